The van der Waals surface area contributed by atoms with Gasteiger partial charge in [0.25, 0.3) is 0 Å². The van der Waals surface area contributed by atoms with Crippen LogP contribution in [-0.2, 0) is 0 Å². The molecule has 0 atom stereocenters. The van der Waals surface area contributed by atoms with Crippen LogP contribution in [-0.4, -0.2) is 12.0 Å². The summed E-state index contributed by atoms with van der Waals surface area (Å²) in [4.78, 5) is 0.886. The average molecular weight is 510 g/mol. The first-order valence-electron chi connectivity index (χ1n) is 5.83. The van der Waals surface area contributed by atoms with Gasteiger partial charge in [0.1, 0.15) is 11.5 Å². The van der Waals surface area contributed by atoms with E-state index in [0.29, 0.717) is 0 Å². The average Bonchev–Trinajstić information content (AvgIpc) is 2.43. The van der Waals surface area contributed by atoms with Crippen molar-refractivity contribution in [1.29, 1.82) is 0 Å². The summed E-state index contributed by atoms with van der Waals surface area (Å²) in [6, 6.07) is 11.6. The van der Waals surface area contributed by atoms with Crippen LogP contribution >= 0.6 is 57.4 Å². The Balaban J connectivity index is 2.30. The van der Waals surface area contributed by atoms with Crippen LogP contribution < -0.4 is 9.47 Å². The lowest BCUT2D eigenvalue weighted by atomic mass is 10.2. The van der Waals surface area contributed by atoms with Crippen LogP contribution in [0.1, 0.15) is 12.5 Å². The Kier molecular flexibility index (Phi) is 5.62. The van der Waals surface area contributed by atoms with Crippen molar-refractivity contribution < 1.29 is 9.47 Å². The van der Waals surface area contributed by atoms with Crippen molar-refractivity contribution in [2.24, 2.45) is 0 Å². The molecule has 0 radical (unpaired) electrons. The lowest BCUT2D eigenvalue weighted by molar-refractivity contribution is 0.412. The zero-order valence-electron chi connectivity index (χ0n) is 10.9. The molecule has 0 aliphatic heterocycles. The van der Waals surface area contributed by atoms with Crippen LogP contribution in [0.5, 0.6) is 17.2 Å². The predicted molar refractivity (Wildman–Crippen MR) is 102 cm³/mol. The highest BCUT2D eigenvalue weighted by Crippen LogP contribution is 2.33. The molecule has 2 aromatic carbocycles. The molecule has 0 bridgehead atoms. The summed E-state index contributed by atoms with van der Waals surface area (Å²) in [7, 11) is 1.65. The highest BCUT2D eigenvalue weighted by atomic mass is 127. The molecule has 2 nitrogen and oxygen atoms in total. The number of rotatable bonds is 4. The number of benzene rings is 2. The first kappa shape index (κ1) is 16.0. The van der Waals surface area contributed by atoms with E-state index >= 15 is 0 Å². The Morgan fingerprint density at radius 1 is 1.00 bits per heavy atom. The molecule has 0 saturated heterocycles. The maximum Gasteiger partial charge on any atom is 0.154 e. The Morgan fingerprint density at radius 2 is 1.50 bits per heavy atom. The van der Waals surface area contributed by atoms with Crippen molar-refractivity contribution in [2.45, 2.75) is 6.92 Å². The summed E-state index contributed by atoms with van der Waals surface area (Å²) in [6.07, 6.45) is 0. The first-order chi connectivity index (χ1) is 9.51. The van der Waals surface area contributed by atoms with Gasteiger partial charge in [0, 0.05) is 4.86 Å². The minimum absolute atomic E-state index is 0.786. The molecule has 0 N–H and O–H groups in total. The Bertz CT molecular complexity index is 616. The third-order valence-corrected chi connectivity index (χ3v) is 4.52. The third-order valence-electron chi connectivity index (χ3n) is 2.68. The van der Waals surface area contributed by atoms with Crippen molar-refractivity contribution in [1.82, 2.24) is 0 Å². The third kappa shape index (κ3) is 3.82. The summed E-state index contributed by atoms with van der Waals surface area (Å²) in [6.45, 7) is 1.93. The zero-order chi connectivity index (χ0) is 14.7. The molecule has 2 aromatic rings. The van der Waals surface area contributed by atoms with Gasteiger partial charge in [0.15, 0.2) is 5.75 Å². The monoisotopic (exact) mass is 510 g/mol. The molecule has 5 heteroatoms. The molecule has 0 amide bonds. The molecule has 104 valence electrons. The van der Waals surface area contributed by atoms with Crippen LogP contribution in [0, 0.1) is 7.14 Å². The SMILES string of the molecule is COc1ccc(Oc2c(I)cc(C(C)=S)cc2I)cc1. The van der Waals surface area contributed by atoms with E-state index in [0.717, 1.165) is 34.8 Å². The van der Waals surface area contributed by atoms with E-state index in [2.05, 4.69) is 45.2 Å². The molecule has 0 unspecified atom stereocenters. The smallest absolute Gasteiger partial charge is 0.154 e. The van der Waals surface area contributed by atoms with Gasteiger partial charge in [-0.2, -0.15) is 0 Å². The maximum atomic E-state index is 5.96. The largest absolute Gasteiger partial charge is 0.497 e. The number of halogens is 2. The van der Waals surface area contributed by atoms with Crippen LogP contribution in [0.3, 0.4) is 0 Å². The van der Waals surface area contributed by atoms with Gasteiger partial charge in [0.05, 0.1) is 14.3 Å². The minimum atomic E-state index is 0.786. The van der Waals surface area contributed by atoms with Crippen molar-refractivity contribution in [2.75, 3.05) is 7.11 Å². The molecule has 0 saturated carbocycles. The number of hydrogen-bond acceptors (Lipinski definition) is 3. The minimum Gasteiger partial charge on any atom is -0.497 e. The standard InChI is InChI=1S/C15H12I2O2S/c1-9(20)10-7-13(16)15(14(17)8-10)19-12-5-3-11(18-2)4-6-12/h3-8H,1-2H3. The second-order valence-electron chi connectivity index (χ2n) is 4.10. The summed E-state index contributed by atoms with van der Waals surface area (Å²) < 4.78 is 13.2. The second-order valence-corrected chi connectivity index (χ2v) is 7.04. The van der Waals surface area contributed by atoms with Crippen molar-refractivity contribution in [3.63, 3.8) is 0 Å². The highest BCUT2D eigenvalue weighted by Gasteiger charge is 2.11. The summed E-state index contributed by atoms with van der Waals surface area (Å²) in [5, 5.41) is 0. The van der Waals surface area contributed by atoms with E-state index in [1.54, 1.807) is 7.11 Å². The van der Waals surface area contributed by atoms with Crippen molar-refractivity contribution in [3.05, 3.63) is 49.1 Å². The van der Waals surface area contributed by atoms with Crippen LogP contribution in [0.25, 0.3) is 0 Å². The maximum absolute atomic E-state index is 5.96. The number of thiocarbonyl (C=S) groups is 1. The van der Waals surface area contributed by atoms with E-state index in [4.69, 9.17) is 21.7 Å². The molecule has 20 heavy (non-hydrogen) atoms. The fourth-order valence-electron chi connectivity index (χ4n) is 1.62. The topological polar surface area (TPSA) is 18.5 Å². The van der Waals surface area contributed by atoms with E-state index < -0.39 is 0 Å². The Labute approximate surface area is 151 Å². The summed E-state index contributed by atoms with van der Waals surface area (Å²) >= 11 is 9.76. The molecule has 0 aromatic heterocycles. The lowest BCUT2D eigenvalue weighted by Gasteiger charge is -2.12. The van der Waals surface area contributed by atoms with Gasteiger partial charge >= 0.3 is 0 Å². The van der Waals surface area contributed by atoms with E-state index in [9.17, 15) is 0 Å². The second kappa shape index (κ2) is 7.04. The molecule has 0 heterocycles. The van der Waals surface area contributed by atoms with Crippen LogP contribution in [0.2, 0.25) is 0 Å². The Hall–Kier alpha value is -0.410. The van der Waals surface area contributed by atoms with Gasteiger partial charge in [0.2, 0.25) is 0 Å². The van der Waals surface area contributed by atoms with E-state index in [-0.39, 0.29) is 0 Å². The lowest BCUT2D eigenvalue weighted by Crippen LogP contribution is -1.97. The van der Waals surface area contributed by atoms with Gasteiger partial charge in [-0.15, -0.1) is 0 Å². The summed E-state index contributed by atoms with van der Waals surface area (Å²) in [5.74, 6) is 2.46. The molecule has 2 rings (SSSR count). The van der Waals surface area contributed by atoms with Crippen LogP contribution in [0.4, 0.5) is 0 Å². The first-order valence-corrected chi connectivity index (χ1v) is 8.39. The predicted octanol–water partition coefficient (Wildman–Crippen LogP) is 5.43. The molecule has 0 spiro atoms. The van der Waals surface area contributed by atoms with Crippen LogP contribution in [0.15, 0.2) is 36.4 Å². The highest BCUT2D eigenvalue weighted by molar-refractivity contribution is 14.1. The number of ether oxygens (including phenoxy) is 2. The molecule has 0 fully saturated rings. The fraction of sp³-hybridized carbons (Fsp3) is 0.133. The molecular weight excluding hydrogens is 498 g/mol. The summed E-state index contributed by atoms with van der Waals surface area (Å²) in [5.41, 5.74) is 1.07. The Morgan fingerprint density at radius 3 is 1.95 bits per heavy atom. The number of methoxy groups -OCH3 is 1. The number of hydrogen-bond donors (Lipinski definition) is 0. The van der Waals surface area contributed by atoms with E-state index in [1.165, 1.54) is 0 Å². The van der Waals surface area contributed by atoms with Gasteiger partial charge < -0.3 is 9.47 Å². The van der Waals surface area contributed by atoms with Gasteiger partial charge in [-0.25, -0.2) is 0 Å². The molecular formula is C15H12I2O2S. The van der Waals surface area contributed by atoms with Gasteiger partial charge in [-0.05, 0) is 94.1 Å². The molecule has 0 aliphatic rings. The quantitative estimate of drug-likeness (QED) is 0.311. The van der Waals surface area contributed by atoms with Crippen molar-refractivity contribution in [3.8, 4) is 17.2 Å². The van der Waals surface area contributed by atoms with Crippen molar-refractivity contribution >= 4 is 62.3 Å². The normalized spacial score (nSPS) is 10.2. The zero-order valence-corrected chi connectivity index (χ0v) is 16.1. The van der Waals surface area contributed by atoms with E-state index in [1.807, 2.05) is 43.3 Å². The fourth-order valence-corrected chi connectivity index (χ4v) is 3.73. The van der Waals surface area contributed by atoms with Gasteiger partial charge in [-0.1, -0.05) is 12.2 Å². The molecule has 0 aliphatic carbocycles. The van der Waals surface area contributed by atoms with Gasteiger partial charge in [-0.3, -0.25) is 0 Å².